The predicted octanol–water partition coefficient (Wildman–Crippen LogP) is 3.21. The molecule has 0 spiro atoms. The highest BCUT2D eigenvalue weighted by atomic mass is 16.6. The van der Waals surface area contributed by atoms with Crippen LogP contribution in [0.5, 0.6) is 5.75 Å². The van der Waals surface area contributed by atoms with Crippen LogP contribution in [0.1, 0.15) is 51.2 Å². The Morgan fingerprint density at radius 3 is 2.68 bits per heavy atom. The fourth-order valence-electron chi connectivity index (χ4n) is 3.64. The third-order valence-electron chi connectivity index (χ3n) is 4.68. The molecule has 2 aliphatic rings. The molecule has 3 rings (SSSR count). The number of hydrogen-bond acceptors (Lipinski definition) is 5. The molecule has 6 heteroatoms. The SMILES string of the molecule is CC(C)(C)OC(=O)NCCC#CC(=O)Oc1ccc2c3c1CCCN3CCC2. The van der Waals surface area contributed by atoms with E-state index < -0.39 is 17.7 Å². The number of nitrogens with one attached hydrogen (secondary N) is 1. The Morgan fingerprint density at radius 2 is 1.93 bits per heavy atom. The summed E-state index contributed by atoms with van der Waals surface area (Å²) in [5, 5.41) is 2.61. The van der Waals surface area contributed by atoms with Crippen LogP contribution in [0.3, 0.4) is 0 Å². The zero-order valence-electron chi connectivity index (χ0n) is 16.9. The maximum absolute atomic E-state index is 12.1. The summed E-state index contributed by atoms with van der Waals surface area (Å²) >= 11 is 0. The van der Waals surface area contributed by atoms with Crippen LogP contribution in [0.4, 0.5) is 10.5 Å². The summed E-state index contributed by atoms with van der Waals surface area (Å²) < 4.78 is 10.7. The molecule has 0 saturated carbocycles. The first kappa shape index (κ1) is 20.1. The molecule has 150 valence electrons. The fourth-order valence-corrected chi connectivity index (χ4v) is 3.64. The van der Waals surface area contributed by atoms with Gasteiger partial charge >= 0.3 is 12.1 Å². The van der Waals surface area contributed by atoms with Gasteiger partial charge in [0, 0.05) is 43.2 Å². The van der Waals surface area contributed by atoms with Gasteiger partial charge in [-0.1, -0.05) is 12.0 Å². The van der Waals surface area contributed by atoms with Gasteiger partial charge in [-0.15, -0.1) is 0 Å². The molecule has 0 fully saturated rings. The first-order valence-corrected chi connectivity index (χ1v) is 9.91. The van der Waals surface area contributed by atoms with Crippen LogP contribution in [0.25, 0.3) is 0 Å². The number of carbonyl (C=O) groups excluding carboxylic acids is 2. The number of amides is 1. The Hall–Kier alpha value is -2.68. The van der Waals surface area contributed by atoms with Crippen molar-refractivity contribution in [2.75, 3.05) is 24.5 Å². The fraction of sp³-hybridized carbons (Fsp3) is 0.545. The number of benzene rings is 1. The van der Waals surface area contributed by atoms with Crippen LogP contribution in [0.15, 0.2) is 12.1 Å². The van der Waals surface area contributed by atoms with Gasteiger partial charge in [0.1, 0.15) is 11.4 Å². The van der Waals surface area contributed by atoms with E-state index in [0.717, 1.165) is 37.9 Å². The molecule has 1 N–H and O–H groups in total. The van der Waals surface area contributed by atoms with Gasteiger partial charge in [0.15, 0.2) is 0 Å². The first-order valence-electron chi connectivity index (χ1n) is 9.91. The summed E-state index contributed by atoms with van der Waals surface area (Å²) in [5.41, 5.74) is 3.20. The quantitative estimate of drug-likeness (QED) is 0.285. The number of carbonyl (C=O) groups is 2. The summed E-state index contributed by atoms with van der Waals surface area (Å²) in [6.07, 6.45) is 4.11. The van der Waals surface area contributed by atoms with E-state index in [9.17, 15) is 9.59 Å². The minimum Gasteiger partial charge on any atom is -0.444 e. The van der Waals surface area contributed by atoms with Crippen molar-refractivity contribution < 1.29 is 19.1 Å². The summed E-state index contributed by atoms with van der Waals surface area (Å²) in [6, 6.07) is 3.96. The van der Waals surface area contributed by atoms with Crippen molar-refractivity contribution in [3.05, 3.63) is 23.3 Å². The molecule has 0 bridgehead atoms. The van der Waals surface area contributed by atoms with Crippen molar-refractivity contribution in [3.63, 3.8) is 0 Å². The summed E-state index contributed by atoms with van der Waals surface area (Å²) in [6.45, 7) is 7.86. The molecule has 2 heterocycles. The second kappa shape index (κ2) is 8.55. The number of rotatable bonds is 3. The minimum absolute atomic E-state index is 0.314. The monoisotopic (exact) mass is 384 g/mol. The Labute approximate surface area is 166 Å². The molecular weight excluding hydrogens is 356 g/mol. The third kappa shape index (κ3) is 5.19. The number of nitrogens with zero attached hydrogens (tertiary/aromatic N) is 1. The average molecular weight is 384 g/mol. The van der Waals surface area contributed by atoms with Crippen molar-refractivity contribution in [3.8, 4) is 17.6 Å². The lowest BCUT2D eigenvalue weighted by Crippen LogP contribution is -2.34. The van der Waals surface area contributed by atoms with E-state index >= 15 is 0 Å². The lowest BCUT2D eigenvalue weighted by Gasteiger charge is -2.37. The smallest absolute Gasteiger partial charge is 0.407 e. The van der Waals surface area contributed by atoms with E-state index in [2.05, 4.69) is 28.1 Å². The number of esters is 1. The lowest BCUT2D eigenvalue weighted by atomic mass is 9.91. The second-order valence-electron chi connectivity index (χ2n) is 8.11. The second-order valence-corrected chi connectivity index (χ2v) is 8.11. The van der Waals surface area contributed by atoms with Crippen molar-refractivity contribution in [2.45, 2.75) is 58.5 Å². The van der Waals surface area contributed by atoms with Gasteiger partial charge in [0.05, 0.1) is 0 Å². The van der Waals surface area contributed by atoms with Gasteiger partial charge < -0.3 is 19.7 Å². The number of ether oxygens (including phenoxy) is 2. The zero-order chi connectivity index (χ0) is 20.1. The van der Waals surface area contributed by atoms with E-state index in [1.165, 1.54) is 17.7 Å². The molecule has 0 atom stereocenters. The van der Waals surface area contributed by atoms with Crippen LogP contribution in [0.2, 0.25) is 0 Å². The number of alkyl carbamates (subject to hydrolysis) is 1. The highest BCUT2D eigenvalue weighted by Gasteiger charge is 2.26. The van der Waals surface area contributed by atoms with Crippen molar-refractivity contribution >= 4 is 17.7 Å². The normalized spacial score (nSPS) is 15.0. The molecule has 0 unspecified atom stereocenters. The molecule has 1 aromatic rings. The van der Waals surface area contributed by atoms with Crippen LogP contribution in [0, 0.1) is 11.8 Å². The molecule has 0 radical (unpaired) electrons. The molecular formula is C22H28N2O4. The molecule has 1 amide bonds. The Balaban J connectivity index is 1.53. The largest absolute Gasteiger partial charge is 0.444 e. The Bertz CT molecular complexity index is 812. The molecule has 0 saturated heterocycles. The maximum Gasteiger partial charge on any atom is 0.407 e. The van der Waals surface area contributed by atoms with Gasteiger partial charge in [-0.05, 0) is 58.1 Å². The number of anilines is 1. The highest BCUT2D eigenvalue weighted by molar-refractivity contribution is 5.90. The van der Waals surface area contributed by atoms with E-state index in [1.54, 1.807) is 20.8 Å². The topological polar surface area (TPSA) is 67.9 Å². The number of hydrogen-bond donors (Lipinski definition) is 1. The molecule has 28 heavy (non-hydrogen) atoms. The van der Waals surface area contributed by atoms with Crippen LogP contribution < -0.4 is 15.0 Å². The standard InChI is InChI=1S/C22H28N2O4/c1-22(2,3)28-21(26)23-13-5-4-10-19(25)27-18-12-11-16-8-6-14-24-15-7-9-17(18)20(16)24/h11-12H,5-9,13-15H2,1-3H3,(H,23,26). The molecule has 1 aromatic carbocycles. The van der Waals surface area contributed by atoms with Crippen LogP contribution in [-0.2, 0) is 22.4 Å². The van der Waals surface area contributed by atoms with Gasteiger partial charge in [-0.3, -0.25) is 0 Å². The van der Waals surface area contributed by atoms with Crippen molar-refractivity contribution in [2.24, 2.45) is 0 Å². The van der Waals surface area contributed by atoms with Crippen molar-refractivity contribution in [1.29, 1.82) is 0 Å². The van der Waals surface area contributed by atoms with Gasteiger partial charge in [-0.25, -0.2) is 9.59 Å². The summed E-state index contributed by atoms with van der Waals surface area (Å²) in [4.78, 5) is 26.1. The molecule has 6 nitrogen and oxygen atoms in total. The molecule has 0 aromatic heterocycles. The Kier molecular flexibility index (Phi) is 6.13. The Morgan fingerprint density at radius 1 is 1.18 bits per heavy atom. The first-order chi connectivity index (χ1) is 13.3. The van der Waals surface area contributed by atoms with E-state index in [4.69, 9.17) is 9.47 Å². The van der Waals surface area contributed by atoms with E-state index in [0.29, 0.717) is 18.7 Å². The van der Waals surface area contributed by atoms with Crippen LogP contribution in [-0.4, -0.2) is 37.3 Å². The molecule has 2 aliphatic heterocycles. The van der Waals surface area contributed by atoms with Gasteiger partial charge in [0.25, 0.3) is 0 Å². The van der Waals surface area contributed by atoms with Gasteiger partial charge in [0.2, 0.25) is 0 Å². The lowest BCUT2D eigenvalue weighted by molar-refractivity contribution is -0.128. The maximum atomic E-state index is 12.1. The number of aryl methyl sites for hydroxylation is 1. The minimum atomic E-state index is -0.568. The highest BCUT2D eigenvalue weighted by Crippen LogP contribution is 2.40. The third-order valence-corrected chi connectivity index (χ3v) is 4.68. The van der Waals surface area contributed by atoms with Gasteiger partial charge in [-0.2, -0.15) is 0 Å². The van der Waals surface area contributed by atoms with Crippen molar-refractivity contribution in [1.82, 2.24) is 5.32 Å². The average Bonchev–Trinajstić information content (AvgIpc) is 2.62. The summed E-state index contributed by atoms with van der Waals surface area (Å²) in [7, 11) is 0. The van der Waals surface area contributed by atoms with Crippen LogP contribution >= 0.6 is 0 Å². The zero-order valence-corrected chi connectivity index (χ0v) is 16.9. The predicted molar refractivity (Wildman–Crippen MR) is 108 cm³/mol. The van der Waals surface area contributed by atoms with E-state index in [-0.39, 0.29) is 0 Å². The van der Waals surface area contributed by atoms with E-state index in [1.807, 2.05) is 6.07 Å². The summed E-state index contributed by atoms with van der Waals surface area (Å²) in [5.74, 6) is 5.29. The molecule has 0 aliphatic carbocycles.